The first kappa shape index (κ1) is 21.4. The van der Waals surface area contributed by atoms with Gasteiger partial charge in [-0.3, -0.25) is 0 Å². The Hall–Kier alpha value is -0.900. The molecule has 10 heteroatoms. The normalized spacial score (nSPS) is 21.7. The molecular weight excluding hydrogens is 446 g/mol. The predicted molar refractivity (Wildman–Crippen MR) is 104 cm³/mol. The minimum absolute atomic E-state index is 0.190. The van der Waals surface area contributed by atoms with E-state index in [4.69, 9.17) is 16.3 Å². The van der Waals surface area contributed by atoms with E-state index in [1.54, 1.807) is 24.0 Å². The van der Waals surface area contributed by atoms with Crippen molar-refractivity contribution in [3.8, 4) is 0 Å². The molecule has 0 N–H and O–H groups in total. The zero-order chi connectivity index (χ0) is 19.5. The summed E-state index contributed by atoms with van der Waals surface area (Å²) in [4.78, 5) is 18.0. The third-order valence-electron chi connectivity index (χ3n) is 4.15. The first-order valence-corrected chi connectivity index (χ1v) is 11.4. The second-order valence-corrected chi connectivity index (χ2v) is 9.46. The highest BCUT2D eigenvalue weighted by Crippen LogP contribution is 2.33. The summed E-state index contributed by atoms with van der Waals surface area (Å²) in [6.45, 7) is 4.61. The number of hydrogen-bond acceptors (Lipinski definition) is 5. The molecule has 1 aromatic heterocycles. The zero-order valence-corrected chi connectivity index (χ0v) is 18.1. The topological polar surface area (TPSA) is 79.8 Å². The molecule has 2 heterocycles. The van der Waals surface area contributed by atoms with Crippen LogP contribution in [0, 0.1) is 0 Å². The molecule has 7 nitrogen and oxygen atoms in total. The van der Waals surface area contributed by atoms with E-state index < -0.39 is 28.2 Å². The maximum absolute atomic E-state index is 12.4. The van der Waals surface area contributed by atoms with Gasteiger partial charge in [0.1, 0.15) is 9.76 Å². The van der Waals surface area contributed by atoms with Gasteiger partial charge in [-0.25, -0.2) is 18.2 Å². The number of pyridine rings is 1. The van der Waals surface area contributed by atoms with Crippen molar-refractivity contribution in [2.45, 2.75) is 38.8 Å². The molecule has 0 radical (unpaired) electrons. The van der Waals surface area contributed by atoms with Gasteiger partial charge in [-0.05, 0) is 47.0 Å². The lowest BCUT2D eigenvalue weighted by Crippen LogP contribution is -2.56. The minimum Gasteiger partial charge on any atom is -0.449 e. The lowest BCUT2D eigenvalue weighted by molar-refractivity contribution is 0.0575. The number of carbonyl (C=O) groups is 1. The Kier molecular flexibility index (Phi) is 7.29. The SMILES string of the molecule is CCCCOC(=O)N1C[C@@H](C)N(S(C)(=O)=O)[C@H](c2cc(Cl)nc(Br)c2)C1. The number of ether oxygens (including phenoxy) is 1. The fourth-order valence-electron chi connectivity index (χ4n) is 3.10. The van der Waals surface area contributed by atoms with Crippen molar-refractivity contribution in [3.63, 3.8) is 0 Å². The molecular formula is C16H23BrClN3O4S. The molecule has 1 fully saturated rings. The third kappa shape index (κ3) is 5.31. The van der Waals surface area contributed by atoms with Crippen molar-refractivity contribution in [1.82, 2.24) is 14.2 Å². The Morgan fingerprint density at radius 2 is 2.12 bits per heavy atom. The predicted octanol–water partition coefficient (Wildman–Crippen LogP) is 3.44. The molecule has 1 aromatic rings. The molecule has 2 atom stereocenters. The van der Waals surface area contributed by atoms with E-state index >= 15 is 0 Å². The number of halogens is 2. The fraction of sp³-hybridized carbons (Fsp3) is 0.625. The smallest absolute Gasteiger partial charge is 0.409 e. The van der Waals surface area contributed by atoms with Gasteiger partial charge in [0.2, 0.25) is 10.0 Å². The summed E-state index contributed by atoms with van der Waals surface area (Å²) in [5.74, 6) is 0. The average Bonchev–Trinajstić information content (AvgIpc) is 2.52. The highest BCUT2D eigenvalue weighted by atomic mass is 79.9. The fourth-order valence-corrected chi connectivity index (χ4v) is 5.25. The third-order valence-corrected chi connectivity index (χ3v) is 6.13. The van der Waals surface area contributed by atoms with Gasteiger partial charge in [0.15, 0.2) is 0 Å². The van der Waals surface area contributed by atoms with Crippen molar-refractivity contribution in [2.75, 3.05) is 26.0 Å². The first-order chi connectivity index (χ1) is 12.1. The van der Waals surface area contributed by atoms with Gasteiger partial charge in [0, 0.05) is 19.1 Å². The Morgan fingerprint density at radius 1 is 1.42 bits per heavy atom. The number of carbonyl (C=O) groups excluding carboxylic acids is 1. The van der Waals surface area contributed by atoms with Gasteiger partial charge in [-0.2, -0.15) is 4.31 Å². The number of rotatable bonds is 5. The van der Waals surface area contributed by atoms with Crippen LogP contribution in [0.2, 0.25) is 5.15 Å². The molecule has 0 saturated carbocycles. The summed E-state index contributed by atoms with van der Waals surface area (Å²) in [7, 11) is -3.49. The second-order valence-electron chi connectivity index (χ2n) is 6.38. The lowest BCUT2D eigenvalue weighted by Gasteiger charge is -2.43. The van der Waals surface area contributed by atoms with Gasteiger partial charge >= 0.3 is 6.09 Å². The van der Waals surface area contributed by atoms with Gasteiger partial charge in [0.05, 0.1) is 18.9 Å². The molecule has 0 aromatic carbocycles. The van der Waals surface area contributed by atoms with Gasteiger partial charge in [-0.1, -0.05) is 24.9 Å². The van der Waals surface area contributed by atoms with Crippen LogP contribution >= 0.6 is 27.5 Å². The van der Waals surface area contributed by atoms with Gasteiger partial charge < -0.3 is 9.64 Å². The van der Waals surface area contributed by atoms with Crippen LogP contribution < -0.4 is 0 Å². The monoisotopic (exact) mass is 467 g/mol. The summed E-state index contributed by atoms with van der Waals surface area (Å²) in [5.41, 5.74) is 0.667. The molecule has 0 bridgehead atoms. The van der Waals surface area contributed by atoms with E-state index in [0.29, 0.717) is 16.8 Å². The number of amides is 1. The highest BCUT2D eigenvalue weighted by molar-refractivity contribution is 9.10. The Bertz CT molecular complexity index is 742. The molecule has 2 rings (SSSR count). The minimum atomic E-state index is -3.49. The standard InChI is InChI=1S/C16H23BrClN3O4S/c1-4-5-6-25-16(22)20-9-11(2)21(26(3,23)24)13(10-20)12-7-14(17)19-15(18)8-12/h7-8,11,13H,4-6,9-10H2,1-3H3/t11-,13+/m1/s1. The van der Waals surface area contributed by atoms with Gasteiger partial charge in [-0.15, -0.1) is 0 Å². The van der Waals surface area contributed by atoms with E-state index in [1.807, 2.05) is 6.92 Å². The number of sulfonamides is 1. The van der Waals surface area contributed by atoms with Crippen molar-refractivity contribution >= 4 is 43.6 Å². The van der Waals surface area contributed by atoms with Gasteiger partial charge in [0.25, 0.3) is 0 Å². The zero-order valence-electron chi connectivity index (χ0n) is 15.0. The van der Waals surface area contributed by atoms with E-state index in [0.717, 1.165) is 12.8 Å². The molecule has 26 heavy (non-hydrogen) atoms. The Labute approximate surface area is 167 Å². The van der Waals surface area contributed by atoms with E-state index in [1.165, 1.54) is 10.6 Å². The van der Waals surface area contributed by atoms with Crippen molar-refractivity contribution in [1.29, 1.82) is 0 Å². The van der Waals surface area contributed by atoms with Crippen LogP contribution in [0.1, 0.15) is 38.3 Å². The lowest BCUT2D eigenvalue weighted by atomic mass is 10.0. The number of nitrogens with zero attached hydrogens (tertiary/aromatic N) is 3. The Morgan fingerprint density at radius 3 is 2.69 bits per heavy atom. The molecule has 1 aliphatic rings. The summed E-state index contributed by atoms with van der Waals surface area (Å²) < 4.78 is 32.0. The average molecular weight is 469 g/mol. The van der Waals surface area contributed by atoms with Crippen LogP contribution in [0.15, 0.2) is 16.7 Å². The Balaban J connectivity index is 2.33. The van der Waals surface area contributed by atoms with E-state index in [2.05, 4.69) is 20.9 Å². The van der Waals surface area contributed by atoms with Crippen molar-refractivity contribution in [2.24, 2.45) is 0 Å². The number of piperazine rings is 1. The molecule has 146 valence electrons. The largest absolute Gasteiger partial charge is 0.449 e. The van der Waals surface area contributed by atoms with Crippen molar-refractivity contribution in [3.05, 3.63) is 27.5 Å². The van der Waals surface area contributed by atoms with E-state index in [9.17, 15) is 13.2 Å². The number of hydrogen-bond donors (Lipinski definition) is 0. The molecule has 0 spiro atoms. The van der Waals surface area contributed by atoms with Crippen LogP contribution in [0.5, 0.6) is 0 Å². The van der Waals surface area contributed by atoms with Crippen molar-refractivity contribution < 1.29 is 17.9 Å². The maximum Gasteiger partial charge on any atom is 0.409 e. The summed E-state index contributed by atoms with van der Waals surface area (Å²) in [6, 6.07) is 2.37. The van der Waals surface area contributed by atoms with Crippen LogP contribution in [0.25, 0.3) is 0 Å². The van der Waals surface area contributed by atoms with Crippen LogP contribution in [-0.4, -0.2) is 60.7 Å². The van der Waals surface area contributed by atoms with Crippen LogP contribution in [0.4, 0.5) is 4.79 Å². The maximum atomic E-state index is 12.4. The number of aromatic nitrogens is 1. The van der Waals surface area contributed by atoms with Crippen LogP contribution in [-0.2, 0) is 14.8 Å². The molecule has 1 saturated heterocycles. The second kappa shape index (κ2) is 8.86. The summed E-state index contributed by atoms with van der Waals surface area (Å²) in [6.07, 6.45) is 2.46. The quantitative estimate of drug-likeness (QED) is 0.488. The molecule has 1 amide bonds. The number of unbranched alkanes of at least 4 members (excludes halogenated alkanes) is 1. The molecule has 1 aliphatic heterocycles. The highest BCUT2D eigenvalue weighted by Gasteiger charge is 2.40. The van der Waals surface area contributed by atoms with Crippen LogP contribution in [0.3, 0.4) is 0 Å². The summed E-state index contributed by atoms with van der Waals surface area (Å²) in [5, 5.41) is 0.248. The molecule has 0 unspecified atom stereocenters. The molecule has 0 aliphatic carbocycles. The first-order valence-electron chi connectivity index (χ1n) is 8.36. The summed E-state index contributed by atoms with van der Waals surface area (Å²) >= 11 is 9.32. The van der Waals surface area contributed by atoms with E-state index in [-0.39, 0.29) is 18.2 Å².